The monoisotopic (exact) mass is 306 g/mol. The molecule has 0 aliphatic carbocycles. The maximum atomic E-state index is 12.5. The highest BCUT2D eigenvalue weighted by Crippen LogP contribution is 2.28. The van der Waals surface area contributed by atoms with E-state index in [0.717, 1.165) is 31.9 Å². The summed E-state index contributed by atoms with van der Waals surface area (Å²) in [6, 6.07) is 3.80. The standard InChI is InChI=1S/C15H22N4O3/c20-10-8-17-4-6-18(7-5-17)14(21)12-19-9-11-22-15-13(19)2-1-3-16-15/h1-3,20H,4-12H2. The molecule has 1 aromatic rings. The van der Waals surface area contributed by atoms with Gasteiger partial charge >= 0.3 is 0 Å². The first-order chi connectivity index (χ1) is 10.8. The number of nitrogens with zero attached hydrogens (tertiary/aromatic N) is 4. The first-order valence-corrected chi connectivity index (χ1v) is 7.71. The summed E-state index contributed by atoms with van der Waals surface area (Å²) in [5.74, 6) is 0.745. The van der Waals surface area contributed by atoms with Gasteiger partial charge in [0.1, 0.15) is 12.3 Å². The third kappa shape index (κ3) is 3.31. The van der Waals surface area contributed by atoms with Crippen molar-refractivity contribution < 1.29 is 14.6 Å². The summed E-state index contributed by atoms with van der Waals surface area (Å²) in [6.45, 7) is 5.59. The van der Waals surface area contributed by atoms with E-state index in [2.05, 4.69) is 9.88 Å². The van der Waals surface area contributed by atoms with Crippen LogP contribution in [0.2, 0.25) is 0 Å². The summed E-state index contributed by atoms with van der Waals surface area (Å²) < 4.78 is 5.51. The predicted octanol–water partition coefficient (Wildman–Crippen LogP) is -0.583. The number of pyridine rings is 1. The molecule has 1 fully saturated rings. The number of carbonyl (C=O) groups excluding carboxylic acids is 1. The highest BCUT2D eigenvalue weighted by Gasteiger charge is 2.25. The molecule has 0 saturated carbocycles. The molecule has 0 bridgehead atoms. The van der Waals surface area contributed by atoms with Crippen molar-refractivity contribution in [3.8, 4) is 5.88 Å². The Morgan fingerprint density at radius 1 is 1.27 bits per heavy atom. The number of fused-ring (bicyclic) bond motifs is 1. The predicted molar refractivity (Wildman–Crippen MR) is 82.1 cm³/mol. The molecule has 0 aromatic carbocycles. The van der Waals surface area contributed by atoms with Crippen LogP contribution in [0, 0.1) is 0 Å². The molecule has 1 saturated heterocycles. The minimum absolute atomic E-state index is 0.139. The summed E-state index contributed by atoms with van der Waals surface area (Å²) in [5.41, 5.74) is 0.890. The Kier molecular flexibility index (Phi) is 4.74. The molecule has 120 valence electrons. The number of aliphatic hydroxyl groups is 1. The maximum absolute atomic E-state index is 12.5. The number of hydrogen-bond donors (Lipinski definition) is 1. The van der Waals surface area contributed by atoms with Crippen LogP contribution in [-0.4, -0.2) is 84.8 Å². The van der Waals surface area contributed by atoms with E-state index in [9.17, 15) is 4.79 Å². The van der Waals surface area contributed by atoms with Crippen LogP contribution in [0.3, 0.4) is 0 Å². The number of aliphatic hydroxyl groups excluding tert-OH is 1. The van der Waals surface area contributed by atoms with Crippen LogP contribution in [0.1, 0.15) is 0 Å². The molecule has 22 heavy (non-hydrogen) atoms. The molecule has 0 spiro atoms. The lowest BCUT2D eigenvalue weighted by Gasteiger charge is -2.36. The van der Waals surface area contributed by atoms with Gasteiger partial charge in [0.25, 0.3) is 0 Å². The van der Waals surface area contributed by atoms with E-state index < -0.39 is 0 Å². The summed E-state index contributed by atoms with van der Waals surface area (Å²) in [6.07, 6.45) is 1.70. The fraction of sp³-hybridized carbons (Fsp3) is 0.600. The molecule has 1 amide bonds. The van der Waals surface area contributed by atoms with Crippen molar-refractivity contribution in [3.63, 3.8) is 0 Å². The van der Waals surface area contributed by atoms with E-state index in [1.54, 1.807) is 6.20 Å². The van der Waals surface area contributed by atoms with Crippen molar-refractivity contribution in [2.45, 2.75) is 0 Å². The minimum Gasteiger partial charge on any atom is -0.474 e. The topological polar surface area (TPSA) is 69.1 Å². The van der Waals surface area contributed by atoms with Crippen molar-refractivity contribution in [3.05, 3.63) is 18.3 Å². The number of anilines is 1. The van der Waals surface area contributed by atoms with Crippen molar-refractivity contribution in [1.29, 1.82) is 0 Å². The van der Waals surface area contributed by atoms with E-state index in [1.165, 1.54) is 0 Å². The lowest BCUT2D eigenvalue weighted by Crippen LogP contribution is -2.52. The number of piperazine rings is 1. The van der Waals surface area contributed by atoms with Crippen LogP contribution < -0.4 is 9.64 Å². The number of aromatic nitrogens is 1. The van der Waals surface area contributed by atoms with Crippen LogP contribution in [0.15, 0.2) is 18.3 Å². The average molecular weight is 306 g/mol. The lowest BCUT2D eigenvalue weighted by molar-refractivity contribution is -0.131. The Morgan fingerprint density at radius 3 is 2.86 bits per heavy atom. The number of amides is 1. The quantitative estimate of drug-likeness (QED) is 0.802. The van der Waals surface area contributed by atoms with Gasteiger partial charge in [0, 0.05) is 38.9 Å². The number of rotatable bonds is 4. The molecule has 2 aliphatic heterocycles. The van der Waals surface area contributed by atoms with Gasteiger partial charge in [0.05, 0.1) is 19.7 Å². The summed E-state index contributed by atoms with van der Waals surface area (Å²) in [7, 11) is 0. The van der Waals surface area contributed by atoms with Gasteiger partial charge in [0.15, 0.2) is 0 Å². The third-order valence-electron chi connectivity index (χ3n) is 4.16. The second-order valence-electron chi connectivity index (χ2n) is 5.54. The normalized spacial score (nSPS) is 18.8. The third-order valence-corrected chi connectivity index (χ3v) is 4.16. The van der Waals surface area contributed by atoms with E-state index in [4.69, 9.17) is 9.84 Å². The van der Waals surface area contributed by atoms with E-state index in [-0.39, 0.29) is 12.5 Å². The number of carbonyl (C=O) groups is 1. The Hall–Kier alpha value is -1.86. The maximum Gasteiger partial charge on any atom is 0.242 e. The number of ether oxygens (including phenoxy) is 1. The van der Waals surface area contributed by atoms with Gasteiger partial charge in [-0.15, -0.1) is 0 Å². The Morgan fingerprint density at radius 2 is 2.09 bits per heavy atom. The molecule has 3 heterocycles. The van der Waals surface area contributed by atoms with Crippen LogP contribution in [-0.2, 0) is 4.79 Å². The molecular formula is C15H22N4O3. The first-order valence-electron chi connectivity index (χ1n) is 7.71. The lowest BCUT2D eigenvalue weighted by atomic mass is 10.2. The number of β-amino-alcohol motifs (C(OH)–C–C–N with tert-alkyl or cyclic N) is 1. The van der Waals surface area contributed by atoms with E-state index >= 15 is 0 Å². The number of hydrogen-bond acceptors (Lipinski definition) is 6. The molecule has 2 aliphatic rings. The highest BCUT2D eigenvalue weighted by atomic mass is 16.5. The van der Waals surface area contributed by atoms with Crippen LogP contribution >= 0.6 is 0 Å². The Bertz CT molecular complexity index is 517. The fourth-order valence-electron chi connectivity index (χ4n) is 2.90. The van der Waals surface area contributed by atoms with Crippen molar-refractivity contribution in [2.24, 2.45) is 0 Å². The van der Waals surface area contributed by atoms with Gasteiger partial charge in [-0.3, -0.25) is 9.69 Å². The molecule has 7 heteroatoms. The van der Waals surface area contributed by atoms with Crippen LogP contribution in [0.25, 0.3) is 0 Å². The fourth-order valence-corrected chi connectivity index (χ4v) is 2.90. The zero-order valence-electron chi connectivity index (χ0n) is 12.6. The smallest absolute Gasteiger partial charge is 0.242 e. The van der Waals surface area contributed by atoms with Gasteiger partial charge < -0.3 is 19.6 Å². The molecule has 1 aromatic heterocycles. The summed E-state index contributed by atoms with van der Waals surface area (Å²) in [5, 5.41) is 8.96. The highest BCUT2D eigenvalue weighted by molar-refractivity contribution is 5.82. The van der Waals surface area contributed by atoms with Gasteiger partial charge in [-0.05, 0) is 12.1 Å². The Labute approximate surface area is 130 Å². The van der Waals surface area contributed by atoms with Gasteiger partial charge in [-0.1, -0.05) is 0 Å². The van der Waals surface area contributed by atoms with Gasteiger partial charge in [-0.2, -0.15) is 0 Å². The van der Waals surface area contributed by atoms with E-state index in [0.29, 0.717) is 32.1 Å². The first kappa shape index (κ1) is 15.1. The average Bonchev–Trinajstić information content (AvgIpc) is 2.56. The van der Waals surface area contributed by atoms with Crippen LogP contribution in [0.4, 0.5) is 5.69 Å². The molecule has 0 atom stereocenters. The summed E-state index contributed by atoms with van der Waals surface area (Å²) >= 11 is 0. The minimum atomic E-state index is 0.139. The molecule has 7 nitrogen and oxygen atoms in total. The van der Waals surface area contributed by atoms with E-state index in [1.807, 2.05) is 21.9 Å². The molecule has 0 unspecified atom stereocenters. The zero-order chi connectivity index (χ0) is 15.4. The molecule has 0 radical (unpaired) electrons. The largest absolute Gasteiger partial charge is 0.474 e. The van der Waals surface area contributed by atoms with Crippen LogP contribution in [0.5, 0.6) is 5.88 Å². The van der Waals surface area contributed by atoms with Gasteiger partial charge in [0.2, 0.25) is 11.8 Å². The SMILES string of the molecule is O=C(CN1CCOc2ncccc21)N1CCN(CCO)CC1. The Balaban J connectivity index is 1.57. The molecular weight excluding hydrogens is 284 g/mol. The van der Waals surface area contributed by atoms with Gasteiger partial charge in [-0.25, -0.2) is 4.98 Å². The molecule has 1 N–H and O–H groups in total. The zero-order valence-corrected chi connectivity index (χ0v) is 12.6. The van der Waals surface area contributed by atoms with Crippen molar-refractivity contribution in [1.82, 2.24) is 14.8 Å². The van der Waals surface area contributed by atoms with Crippen molar-refractivity contribution >= 4 is 11.6 Å². The summed E-state index contributed by atoms with van der Waals surface area (Å²) in [4.78, 5) is 22.8. The second kappa shape index (κ2) is 6.93. The van der Waals surface area contributed by atoms with Crippen molar-refractivity contribution in [2.75, 3.05) is 63.9 Å². The second-order valence-corrected chi connectivity index (χ2v) is 5.54. The molecule has 3 rings (SSSR count).